The summed E-state index contributed by atoms with van der Waals surface area (Å²) in [6.07, 6.45) is 6.85. The SMILES string of the molecule is CCC[C@H](C)N[C@@H]1CCC[C@H](C)[C@@H]1C. The smallest absolute Gasteiger partial charge is 0.00977 e. The Labute approximate surface area is 89.7 Å². The molecule has 4 atom stereocenters. The summed E-state index contributed by atoms with van der Waals surface area (Å²) in [6.45, 7) is 9.42. The minimum atomic E-state index is 0.706. The Morgan fingerprint density at radius 3 is 2.64 bits per heavy atom. The Hall–Kier alpha value is -0.0400. The van der Waals surface area contributed by atoms with E-state index in [1.165, 1.54) is 32.1 Å². The van der Waals surface area contributed by atoms with Crippen molar-refractivity contribution in [3.8, 4) is 0 Å². The zero-order chi connectivity index (χ0) is 10.6. The third kappa shape index (κ3) is 3.27. The van der Waals surface area contributed by atoms with Crippen LogP contribution in [-0.2, 0) is 0 Å². The fourth-order valence-electron chi connectivity index (χ4n) is 2.70. The first kappa shape index (κ1) is 12.0. The summed E-state index contributed by atoms with van der Waals surface area (Å²) in [6, 6.07) is 1.48. The fourth-order valence-corrected chi connectivity index (χ4v) is 2.70. The second-order valence-corrected chi connectivity index (χ2v) is 5.23. The number of nitrogens with one attached hydrogen (secondary N) is 1. The van der Waals surface area contributed by atoms with E-state index in [0.717, 1.165) is 17.9 Å². The molecule has 0 aromatic carbocycles. The van der Waals surface area contributed by atoms with E-state index in [-0.39, 0.29) is 0 Å². The highest BCUT2D eigenvalue weighted by molar-refractivity contribution is 4.83. The third-order valence-electron chi connectivity index (χ3n) is 3.93. The summed E-state index contributed by atoms with van der Waals surface area (Å²) in [5.74, 6) is 1.78. The van der Waals surface area contributed by atoms with Crippen molar-refractivity contribution in [2.24, 2.45) is 11.8 Å². The molecule has 14 heavy (non-hydrogen) atoms. The molecular formula is C13H27N. The average Bonchev–Trinajstić information content (AvgIpc) is 2.13. The van der Waals surface area contributed by atoms with E-state index in [1.54, 1.807) is 0 Å². The van der Waals surface area contributed by atoms with Gasteiger partial charge in [-0.15, -0.1) is 0 Å². The van der Waals surface area contributed by atoms with Crippen molar-refractivity contribution < 1.29 is 0 Å². The molecule has 1 heteroatoms. The average molecular weight is 197 g/mol. The van der Waals surface area contributed by atoms with Crippen LogP contribution in [0.5, 0.6) is 0 Å². The first-order chi connectivity index (χ1) is 6.65. The van der Waals surface area contributed by atoms with Crippen molar-refractivity contribution >= 4 is 0 Å². The summed E-state index contributed by atoms with van der Waals surface area (Å²) in [5.41, 5.74) is 0. The Morgan fingerprint density at radius 1 is 1.29 bits per heavy atom. The topological polar surface area (TPSA) is 12.0 Å². The lowest BCUT2D eigenvalue weighted by atomic mass is 9.78. The van der Waals surface area contributed by atoms with Gasteiger partial charge in [-0.05, 0) is 31.6 Å². The highest BCUT2D eigenvalue weighted by Gasteiger charge is 2.27. The van der Waals surface area contributed by atoms with Gasteiger partial charge in [-0.3, -0.25) is 0 Å². The number of hydrogen-bond donors (Lipinski definition) is 1. The Bertz CT molecular complexity index is 155. The van der Waals surface area contributed by atoms with E-state index in [1.807, 2.05) is 0 Å². The lowest BCUT2D eigenvalue weighted by Crippen LogP contribution is -2.44. The summed E-state index contributed by atoms with van der Waals surface area (Å²) in [5, 5.41) is 3.80. The van der Waals surface area contributed by atoms with Crippen molar-refractivity contribution in [3.63, 3.8) is 0 Å². The van der Waals surface area contributed by atoms with Gasteiger partial charge in [0.1, 0.15) is 0 Å². The maximum Gasteiger partial charge on any atom is 0.00977 e. The van der Waals surface area contributed by atoms with Gasteiger partial charge in [0.15, 0.2) is 0 Å². The number of rotatable bonds is 4. The Morgan fingerprint density at radius 2 is 2.00 bits per heavy atom. The highest BCUT2D eigenvalue weighted by atomic mass is 15.0. The van der Waals surface area contributed by atoms with Crippen molar-refractivity contribution in [1.29, 1.82) is 0 Å². The minimum absolute atomic E-state index is 0.706. The van der Waals surface area contributed by atoms with Gasteiger partial charge in [-0.1, -0.05) is 40.0 Å². The summed E-state index contributed by atoms with van der Waals surface area (Å²) in [4.78, 5) is 0. The van der Waals surface area contributed by atoms with Crippen LogP contribution in [0.4, 0.5) is 0 Å². The third-order valence-corrected chi connectivity index (χ3v) is 3.93. The quantitative estimate of drug-likeness (QED) is 0.726. The maximum atomic E-state index is 3.80. The summed E-state index contributed by atoms with van der Waals surface area (Å²) in [7, 11) is 0. The molecule has 0 aromatic heterocycles. The molecule has 1 N–H and O–H groups in total. The van der Waals surface area contributed by atoms with E-state index in [0.29, 0.717) is 6.04 Å². The molecule has 0 aromatic rings. The fraction of sp³-hybridized carbons (Fsp3) is 1.00. The van der Waals surface area contributed by atoms with E-state index in [4.69, 9.17) is 0 Å². The molecule has 1 rings (SSSR count). The van der Waals surface area contributed by atoms with Crippen LogP contribution >= 0.6 is 0 Å². The molecule has 0 unspecified atom stereocenters. The molecule has 0 amide bonds. The monoisotopic (exact) mass is 197 g/mol. The van der Waals surface area contributed by atoms with Crippen LogP contribution in [0, 0.1) is 11.8 Å². The molecule has 0 spiro atoms. The first-order valence-electron chi connectivity index (χ1n) is 6.41. The van der Waals surface area contributed by atoms with Gasteiger partial charge in [0, 0.05) is 12.1 Å². The van der Waals surface area contributed by atoms with Crippen LogP contribution in [0.25, 0.3) is 0 Å². The molecule has 0 heterocycles. The first-order valence-corrected chi connectivity index (χ1v) is 6.41. The standard InChI is InChI=1S/C13H27N/c1-5-7-11(3)14-13-9-6-8-10(2)12(13)4/h10-14H,5-9H2,1-4H3/t10-,11-,12-,13+/m0/s1. The predicted octanol–water partition coefficient (Wildman–Crippen LogP) is 3.59. The van der Waals surface area contributed by atoms with Crippen LogP contribution in [0.2, 0.25) is 0 Å². The molecule has 0 bridgehead atoms. The van der Waals surface area contributed by atoms with E-state index in [2.05, 4.69) is 33.0 Å². The molecule has 1 saturated carbocycles. The molecule has 84 valence electrons. The normalized spacial score (nSPS) is 35.6. The van der Waals surface area contributed by atoms with Gasteiger partial charge < -0.3 is 5.32 Å². The van der Waals surface area contributed by atoms with Crippen molar-refractivity contribution in [1.82, 2.24) is 5.32 Å². The van der Waals surface area contributed by atoms with Crippen LogP contribution in [0.3, 0.4) is 0 Å². The van der Waals surface area contributed by atoms with Gasteiger partial charge in [-0.25, -0.2) is 0 Å². The second kappa shape index (κ2) is 5.75. The van der Waals surface area contributed by atoms with Crippen LogP contribution < -0.4 is 5.32 Å². The maximum absolute atomic E-state index is 3.80. The van der Waals surface area contributed by atoms with Gasteiger partial charge in [0.25, 0.3) is 0 Å². The van der Waals surface area contributed by atoms with Gasteiger partial charge in [0.2, 0.25) is 0 Å². The zero-order valence-corrected chi connectivity index (χ0v) is 10.3. The van der Waals surface area contributed by atoms with Crippen LogP contribution in [0.15, 0.2) is 0 Å². The summed E-state index contributed by atoms with van der Waals surface area (Å²) >= 11 is 0. The zero-order valence-electron chi connectivity index (χ0n) is 10.3. The molecule has 1 nitrogen and oxygen atoms in total. The Balaban J connectivity index is 2.35. The molecule has 0 saturated heterocycles. The molecule has 1 fully saturated rings. The lowest BCUT2D eigenvalue weighted by molar-refractivity contribution is 0.194. The van der Waals surface area contributed by atoms with Gasteiger partial charge >= 0.3 is 0 Å². The number of hydrogen-bond acceptors (Lipinski definition) is 1. The largest absolute Gasteiger partial charge is 0.311 e. The van der Waals surface area contributed by atoms with E-state index < -0.39 is 0 Å². The van der Waals surface area contributed by atoms with Crippen molar-refractivity contribution in [2.45, 2.75) is 71.9 Å². The Kier molecular flexibility index (Phi) is 4.94. The molecular weight excluding hydrogens is 170 g/mol. The summed E-state index contributed by atoms with van der Waals surface area (Å²) < 4.78 is 0. The molecule has 1 aliphatic carbocycles. The van der Waals surface area contributed by atoms with Crippen molar-refractivity contribution in [3.05, 3.63) is 0 Å². The second-order valence-electron chi connectivity index (χ2n) is 5.23. The van der Waals surface area contributed by atoms with Crippen LogP contribution in [-0.4, -0.2) is 12.1 Å². The molecule has 0 aliphatic heterocycles. The molecule has 0 radical (unpaired) electrons. The molecule has 1 aliphatic rings. The van der Waals surface area contributed by atoms with Gasteiger partial charge in [-0.2, -0.15) is 0 Å². The lowest BCUT2D eigenvalue weighted by Gasteiger charge is -2.36. The predicted molar refractivity (Wildman–Crippen MR) is 63.5 cm³/mol. The minimum Gasteiger partial charge on any atom is -0.311 e. The van der Waals surface area contributed by atoms with Gasteiger partial charge in [0.05, 0.1) is 0 Å². The van der Waals surface area contributed by atoms with E-state index >= 15 is 0 Å². The van der Waals surface area contributed by atoms with E-state index in [9.17, 15) is 0 Å². The van der Waals surface area contributed by atoms with Crippen molar-refractivity contribution in [2.75, 3.05) is 0 Å². The van der Waals surface area contributed by atoms with Crippen LogP contribution in [0.1, 0.15) is 59.8 Å². The highest BCUT2D eigenvalue weighted by Crippen LogP contribution is 2.29.